The van der Waals surface area contributed by atoms with Crippen molar-refractivity contribution in [3.05, 3.63) is 59.7 Å². The van der Waals surface area contributed by atoms with Gasteiger partial charge < -0.3 is 15.2 Å². The van der Waals surface area contributed by atoms with Crippen molar-refractivity contribution in [3.8, 4) is 5.75 Å². The first-order valence-corrected chi connectivity index (χ1v) is 11.2. The van der Waals surface area contributed by atoms with E-state index in [0.717, 1.165) is 6.20 Å². The van der Waals surface area contributed by atoms with E-state index < -0.39 is 29.7 Å². The minimum absolute atomic E-state index is 0.0709. The van der Waals surface area contributed by atoms with Gasteiger partial charge in [0, 0.05) is 30.7 Å². The number of hydrazone groups is 1. The van der Waals surface area contributed by atoms with Gasteiger partial charge in [0.15, 0.2) is 0 Å². The van der Waals surface area contributed by atoms with Crippen LogP contribution in [0.5, 0.6) is 5.75 Å². The summed E-state index contributed by atoms with van der Waals surface area (Å²) in [6, 6.07) is 6.58. The van der Waals surface area contributed by atoms with Gasteiger partial charge in [0.25, 0.3) is 0 Å². The lowest BCUT2D eigenvalue weighted by Gasteiger charge is -2.31. The van der Waals surface area contributed by atoms with E-state index >= 15 is 0 Å². The van der Waals surface area contributed by atoms with E-state index in [-0.39, 0.29) is 36.6 Å². The second kappa shape index (κ2) is 10.2. The number of hydrogen-bond acceptors (Lipinski definition) is 7. The third-order valence-electron chi connectivity index (χ3n) is 6.03. The quantitative estimate of drug-likeness (QED) is 0.238. The normalized spacial score (nSPS) is 19.3. The summed E-state index contributed by atoms with van der Waals surface area (Å²) < 4.78 is 60.7. The number of hydrogen-bond donors (Lipinski definition) is 3. The molecule has 2 aromatic heterocycles. The number of likely N-dealkylation sites (tertiary alicyclic amines) is 1. The van der Waals surface area contributed by atoms with Crippen LogP contribution >= 0.6 is 0 Å². The number of rotatable bonds is 7. The van der Waals surface area contributed by atoms with Crippen LogP contribution in [0.4, 0.5) is 28.2 Å². The molecule has 3 heterocycles. The Morgan fingerprint density at radius 3 is 2.73 bits per heavy atom. The summed E-state index contributed by atoms with van der Waals surface area (Å²) >= 11 is 0. The summed E-state index contributed by atoms with van der Waals surface area (Å²) in [7, 11) is 1.41. The number of fused-ring (bicyclic) bond motifs is 1. The first-order chi connectivity index (χ1) is 17.5. The Morgan fingerprint density at radius 2 is 2.08 bits per heavy atom. The summed E-state index contributed by atoms with van der Waals surface area (Å²) in [6.45, 7) is 1.56. The molecule has 0 aliphatic carbocycles. The molecule has 37 heavy (non-hydrogen) atoms. The van der Waals surface area contributed by atoms with Crippen LogP contribution in [0.2, 0.25) is 0 Å². The Kier molecular flexibility index (Phi) is 7.16. The zero-order valence-corrected chi connectivity index (χ0v) is 19.9. The minimum atomic E-state index is -4.59. The summed E-state index contributed by atoms with van der Waals surface area (Å²) in [6.07, 6.45) is -3.12. The summed E-state index contributed by atoms with van der Waals surface area (Å²) in [5.74, 6) is 0.0269. The van der Waals surface area contributed by atoms with Gasteiger partial charge in [-0.05, 0) is 37.1 Å². The van der Waals surface area contributed by atoms with Crippen molar-refractivity contribution >= 4 is 29.0 Å². The van der Waals surface area contributed by atoms with Crippen molar-refractivity contribution in [2.45, 2.75) is 31.1 Å². The van der Waals surface area contributed by atoms with Crippen molar-refractivity contribution in [2.24, 2.45) is 5.10 Å². The van der Waals surface area contributed by atoms with E-state index in [1.54, 1.807) is 19.1 Å². The lowest BCUT2D eigenvalue weighted by atomic mass is 10.0. The second-order valence-electron chi connectivity index (χ2n) is 8.92. The highest BCUT2D eigenvalue weighted by Gasteiger charge is 2.49. The summed E-state index contributed by atoms with van der Waals surface area (Å²) in [4.78, 5) is 20.6. The zero-order valence-electron chi connectivity index (χ0n) is 19.9. The molecule has 1 unspecified atom stereocenters. The first-order valence-electron chi connectivity index (χ1n) is 11.2. The van der Waals surface area contributed by atoms with E-state index in [9.17, 15) is 22.4 Å². The van der Waals surface area contributed by atoms with Crippen molar-refractivity contribution in [1.82, 2.24) is 20.2 Å². The fourth-order valence-corrected chi connectivity index (χ4v) is 4.39. The number of aromatic nitrogens is 2. The molecule has 3 aromatic rings. The predicted molar refractivity (Wildman–Crippen MR) is 128 cm³/mol. The number of ether oxygens (including phenoxy) is 1. The maximum absolute atomic E-state index is 14.0. The number of alkyl halides is 3. The third-order valence-corrected chi connectivity index (χ3v) is 6.03. The van der Waals surface area contributed by atoms with E-state index in [4.69, 9.17) is 9.84 Å². The first kappa shape index (κ1) is 26.1. The Labute approximate surface area is 209 Å². The molecule has 3 N–H and O–H groups in total. The highest BCUT2D eigenvalue weighted by molar-refractivity contribution is 5.89. The largest absolute Gasteiger partial charge is 0.494 e. The molecule has 196 valence electrons. The molecule has 0 saturated carbocycles. The topological polar surface area (TPSA) is 112 Å². The maximum atomic E-state index is 14.0. The number of carboxylic acid groups (broad SMARTS) is 1. The Morgan fingerprint density at radius 1 is 1.30 bits per heavy atom. The fourth-order valence-electron chi connectivity index (χ4n) is 4.39. The summed E-state index contributed by atoms with van der Waals surface area (Å²) in [5.41, 5.74) is 2.48. The molecular formula is C24H24F4N6O3. The standard InChI is InChI=1S/C24H24F4N6O3/c1-23(32-22(35)36)7-8-34(13-23)21(24(26,27)28)15-4-6-19(29-11-15)33-30-12-17-5-3-14-9-16(25)10-18(37-2)20(14)31-17/h3-6,9-12,21,32H,7-8,13H2,1-2H3,(H,29,33)(H,35,36)/t21-,23?/m0/s1. The van der Waals surface area contributed by atoms with E-state index in [1.807, 2.05) is 0 Å². The van der Waals surface area contributed by atoms with Crippen molar-refractivity contribution in [2.75, 3.05) is 25.6 Å². The Bertz CT molecular complexity index is 1320. The van der Waals surface area contributed by atoms with Crippen LogP contribution in [0.3, 0.4) is 0 Å². The van der Waals surface area contributed by atoms with Crippen molar-refractivity contribution in [3.63, 3.8) is 0 Å². The molecule has 1 aliphatic rings. The molecule has 1 aromatic carbocycles. The Balaban J connectivity index is 1.47. The van der Waals surface area contributed by atoms with Crippen LogP contribution in [-0.4, -0.2) is 64.2 Å². The second-order valence-corrected chi connectivity index (χ2v) is 8.92. The number of pyridine rings is 2. The molecule has 0 radical (unpaired) electrons. The molecule has 0 bridgehead atoms. The molecule has 1 fully saturated rings. The van der Waals surface area contributed by atoms with Crippen LogP contribution in [0, 0.1) is 5.82 Å². The SMILES string of the molecule is COc1cc(F)cc2ccc(C=NNc3ccc([C@H](N4CCC(C)(NC(=O)O)C4)C(F)(F)F)cn3)nc12. The van der Waals surface area contributed by atoms with Gasteiger partial charge in [-0.15, -0.1) is 0 Å². The molecule has 4 rings (SSSR count). The zero-order chi connectivity index (χ0) is 26.8. The van der Waals surface area contributed by atoms with E-state index in [1.165, 1.54) is 42.5 Å². The number of nitrogens with zero attached hydrogens (tertiary/aromatic N) is 4. The smallest absolute Gasteiger partial charge is 0.408 e. The molecular weight excluding hydrogens is 496 g/mol. The van der Waals surface area contributed by atoms with Gasteiger partial charge >= 0.3 is 12.3 Å². The van der Waals surface area contributed by atoms with Crippen LogP contribution in [0.25, 0.3) is 10.9 Å². The van der Waals surface area contributed by atoms with Crippen molar-refractivity contribution < 1.29 is 32.2 Å². The van der Waals surface area contributed by atoms with Gasteiger partial charge in [0.05, 0.1) is 24.6 Å². The number of nitrogens with one attached hydrogen (secondary N) is 2. The third kappa shape index (κ3) is 6.05. The highest BCUT2D eigenvalue weighted by Crippen LogP contribution is 2.41. The number of amides is 1. The monoisotopic (exact) mass is 520 g/mol. The average molecular weight is 520 g/mol. The minimum Gasteiger partial charge on any atom is -0.494 e. The molecule has 1 saturated heterocycles. The van der Waals surface area contributed by atoms with Gasteiger partial charge in [-0.3, -0.25) is 10.3 Å². The predicted octanol–water partition coefficient (Wildman–Crippen LogP) is 4.56. The number of halogens is 4. The van der Waals surface area contributed by atoms with Crippen LogP contribution in [0.15, 0.2) is 47.7 Å². The van der Waals surface area contributed by atoms with E-state index in [0.29, 0.717) is 16.6 Å². The van der Waals surface area contributed by atoms with Gasteiger partial charge in [0.1, 0.15) is 28.9 Å². The molecule has 13 heteroatoms. The van der Waals surface area contributed by atoms with Gasteiger partial charge in [-0.2, -0.15) is 18.3 Å². The molecule has 2 atom stereocenters. The summed E-state index contributed by atoms with van der Waals surface area (Å²) in [5, 5.41) is 15.9. The van der Waals surface area contributed by atoms with E-state index in [2.05, 4.69) is 25.8 Å². The lowest BCUT2D eigenvalue weighted by molar-refractivity contribution is -0.184. The maximum Gasteiger partial charge on any atom is 0.408 e. The van der Waals surface area contributed by atoms with Crippen molar-refractivity contribution in [1.29, 1.82) is 0 Å². The molecule has 0 spiro atoms. The lowest BCUT2D eigenvalue weighted by Crippen LogP contribution is -2.48. The number of carbonyl (C=O) groups is 1. The average Bonchev–Trinajstić information content (AvgIpc) is 3.18. The van der Waals surface area contributed by atoms with Gasteiger partial charge in [-0.25, -0.2) is 19.2 Å². The van der Waals surface area contributed by atoms with Crippen LogP contribution < -0.4 is 15.5 Å². The number of methoxy groups -OCH3 is 1. The fraction of sp³-hybridized carbons (Fsp3) is 0.333. The number of benzene rings is 1. The van der Waals surface area contributed by atoms with Gasteiger partial charge in [0.2, 0.25) is 0 Å². The molecule has 1 aliphatic heterocycles. The molecule has 1 amide bonds. The highest BCUT2D eigenvalue weighted by atomic mass is 19.4. The Hall–Kier alpha value is -4.00. The molecule has 9 nitrogen and oxygen atoms in total. The number of anilines is 1. The van der Waals surface area contributed by atoms with Crippen LogP contribution in [-0.2, 0) is 0 Å². The van der Waals surface area contributed by atoms with Gasteiger partial charge in [-0.1, -0.05) is 12.1 Å². The van der Waals surface area contributed by atoms with Crippen LogP contribution in [0.1, 0.15) is 30.6 Å².